The molecule has 1 aliphatic rings. The van der Waals surface area contributed by atoms with Crippen molar-refractivity contribution in [1.82, 2.24) is 14.9 Å². The number of fused-ring (bicyclic) bond motifs is 1. The quantitative estimate of drug-likeness (QED) is 0.939. The van der Waals surface area contributed by atoms with E-state index in [1.807, 2.05) is 29.3 Å². The predicted octanol–water partition coefficient (Wildman–Crippen LogP) is 2.30. The molecule has 1 fully saturated rings. The molecule has 0 saturated carbocycles. The number of anilines is 1. The van der Waals surface area contributed by atoms with Gasteiger partial charge in [0.2, 0.25) is 5.91 Å². The van der Waals surface area contributed by atoms with Crippen LogP contribution < -0.4 is 5.32 Å². The van der Waals surface area contributed by atoms with E-state index in [1.54, 1.807) is 13.1 Å². The van der Waals surface area contributed by atoms with Gasteiger partial charge >= 0.3 is 0 Å². The number of pyridine rings is 2. The summed E-state index contributed by atoms with van der Waals surface area (Å²) in [6, 6.07) is 5.95. The summed E-state index contributed by atoms with van der Waals surface area (Å²) in [7, 11) is 0. The number of carbonyl (C=O) groups is 1. The molecule has 110 valence electrons. The first kappa shape index (κ1) is 13.8. The van der Waals surface area contributed by atoms with Crippen LogP contribution in [0.4, 0.5) is 5.82 Å². The second-order valence-electron chi connectivity index (χ2n) is 5.57. The maximum Gasteiger partial charge on any atom is 0.219 e. The average molecular weight is 284 g/mol. The van der Waals surface area contributed by atoms with Crippen molar-refractivity contribution in [3.8, 4) is 0 Å². The van der Waals surface area contributed by atoms with Crippen LogP contribution in [0.5, 0.6) is 0 Å². The van der Waals surface area contributed by atoms with Crippen molar-refractivity contribution in [1.29, 1.82) is 0 Å². The number of aromatic nitrogens is 2. The molecule has 3 heterocycles. The van der Waals surface area contributed by atoms with E-state index in [4.69, 9.17) is 0 Å². The Hall–Kier alpha value is -2.17. The monoisotopic (exact) mass is 284 g/mol. The molecule has 1 N–H and O–H groups in total. The molecule has 2 aromatic heterocycles. The van der Waals surface area contributed by atoms with Crippen molar-refractivity contribution in [3.05, 3.63) is 30.6 Å². The summed E-state index contributed by atoms with van der Waals surface area (Å²) in [5.74, 6) is 1.62. The van der Waals surface area contributed by atoms with Crippen molar-refractivity contribution in [2.75, 3.05) is 25.0 Å². The summed E-state index contributed by atoms with van der Waals surface area (Å²) in [6.45, 7) is 4.25. The van der Waals surface area contributed by atoms with Crippen LogP contribution in [0.25, 0.3) is 10.9 Å². The molecule has 0 spiro atoms. The minimum atomic E-state index is 0.182. The van der Waals surface area contributed by atoms with Crippen LogP contribution >= 0.6 is 0 Å². The zero-order chi connectivity index (χ0) is 14.7. The van der Waals surface area contributed by atoms with Gasteiger partial charge in [-0.1, -0.05) is 6.07 Å². The number of amides is 1. The zero-order valence-electron chi connectivity index (χ0n) is 12.2. The van der Waals surface area contributed by atoms with E-state index >= 15 is 0 Å². The van der Waals surface area contributed by atoms with Crippen LogP contribution in [0.15, 0.2) is 30.6 Å². The third kappa shape index (κ3) is 3.12. The molecule has 2 aromatic rings. The molecule has 1 amide bonds. The summed E-state index contributed by atoms with van der Waals surface area (Å²) in [4.78, 5) is 22.0. The number of rotatable bonds is 3. The predicted molar refractivity (Wildman–Crippen MR) is 83.0 cm³/mol. The third-order valence-electron chi connectivity index (χ3n) is 4.14. The SMILES string of the molecule is CC(=O)N1CCC(CNc2nccc3cccnc23)CC1. The summed E-state index contributed by atoms with van der Waals surface area (Å²) >= 11 is 0. The maximum atomic E-state index is 11.3. The fourth-order valence-electron chi connectivity index (χ4n) is 2.83. The van der Waals surface area contributed by atoms with Gasteiger partial charge in [0.15, 0.2) is 5.82 Å². The Morgan fingerprint density at radius 2 is 2.10 bits per heavy atom. The van der Waals surface area contributed by atoms with Crippen molar-refractivity contribution in [2.24, 2.45) is 5.92 Å². The van der Waals surface area contributed by atoms with Crippen LogP contribution in [0.1, 0.15) is 19.8 Å². The summed E-state index contributed by atoms with van der Waals surface area (Å²) in [5.41, 5.74) is 0.918. The number of carbonyl (C=O) groups excluding carboxylic acids is 1. The molecule has 0 bridgehead atoms. The first-order valence-electron chi connectivity index (χ1n) is 7.43. The highest BCUT2D eigenvalue weighted by Gasteiger charge is 2.20. The van der Waals surface area contributed by atoms with Crippen LogP contribution in [0.3, 0.4) is 0 Å². The van der Waals surface area contributed by atoms with E-state index in [-0.39, 0.29) is 5.91 Å². The summed E-state index contributed by atoms with van der Waals surface area (Å²) in [6.07, 6.45) is 5.70. The molecule has 1 aliphatic heterocycles. The normalized spacial score (nSPS) is 16.1. The van der Waals surface area contributed by atoms with E-state index in [0.29, 0.717) is 5.92 Å². The van der Waals surface area contributed by atoms with Gasteiger partial charge in [-0.2, -0.15) is 0 Å². The number of piperidine rings is 1. The third-order valence-corrected chi connectivity index (χ3v) is 4.14. The molecule has 0 aliphatic carbocycles. The summed E-state index contributed by atoms with van der Waals surface area (Å²) in [5, 5.41) is 4.52. The van der Waals surface area contributed by atoms with Crippen LogP contribution in [0, 0.1) is 5.92 Å². The largest absolute Gasteiger partial charge is 0.368 e. The molecule has 3 rings (SSSR count). The van der Waals surface area contributed by atoms with E-state index in [0.717, 1.165) is 49.2 Å². The molecule has 0 aromatic carbocycles. The van der Waals surface area contributed by atoms with E-state index in [2.05, 4.69) is 15.3 Å². The van der Waals surface area contributed by atoms with E-state index in [1.165, 1.54) is 0 Å². The molecule has 5 nitrogen and oxygen atoms in total. The first-order chi connectivity index (χ1) is 10.2. The minimum Gasteiger partial charge on any atom is -0.368 e. The first-order valence-corrected chi connectivity index (χ1v) is 7.43. The van der Waals surface area contributed by atoms with Gasteiger partial charge in [0, 0.05) is 44.3 Å². The van der Waals surface area contributed by atoms with Crippen molar-refractivity contribution in [3.63, 3.8) is 0 Å². The molecule has 21 heavy (non-hydrogen) atoms. The zero-order valence-corrected chi connectivity index (χ0v) is 12.2. The fraction of sp³-hybridized carbons (Fsp3) is 0.438. The van der Waals surface area contributed by atoms with Gasteiger partial charge in [-0.25, -0.2) is 4.98 Å². The van der Waals surface area contributed by atoms with E-state index < -0.39 is 0 Å². The molecule has 5 heteroatoms. The van der Waals surface area contributed by atoms with Gasteiger partial charge in [-0.15, -0.1) is 0 Å². The average Bonchev–Trinajstić information content (AvgIpc) is 2.53. The van der Waals surface area contributed by atoms with Gasteiger partial charge in [-0.05, 0) is 30.9 Å². The topological polar surface area (TPSA) is 58.1 Å². The van der Waals surface area contributed by atoms with Gasteiger partial charge in [0.25, 0.3) is 0 Å². The second kappa shape index (κ2) is 6.08. The number of likely N-dealkylation sites (tertiary alicyclic amines) is 1. The lowest BCUT2D eigenvalue weighted by Gasteiger charge is -2.31. The smallest absolute Gasteiger partial charge is 0.219 e. The minimum absolute atomic E-state index is 0.182. The number of nitrogens with one attached hydrogen (secondary N) is 1. The summed E-state index contributed by atoms with van der Waals surface area (Å²) < 4.78 is 0. The Morgan fingerprint density at radius 3 is 2.86 bits per heavy atom. The van der Waals surface area contributed by atoms with Crippen LogP contribution in [-0.4, -0.2) is 40.4 Å². The highest BCUT2D eigenvalue weighted by atomic mass is 16.2. The fourth-order valence-corrected chi connectivity index (χ4v) is 2.83. The number of hydrogen-bond acceptors (Lipinski definition) is 4. The Bertz CT molecular complexity index is 630. The lowest BCUT2D eigenvalue weighted by Crippen LogP contribution is -2.38. The lowest BCUT2D eigenvalue weighted by molar-refractivity contribution is -0.130. The molecular formula is C16H20N4O. The molecule has 0 atom stereocenters. The Morgan fingerprint density at radius 1 is 1.29 bits per heavy atom. The highest BCUT2D eigenvalue weighted by Crippen LogP contribution is 2.21. The van der Waals surface area contributed by atoms with Gasteiger partial charge in [-0.3, -0.25) is 9.78 Å². The highest BCUT2D eigenvalue weighted by molar-refractivity contribution is 5.87. The van der Waals surface area contributed by atoms with Gasteiger partial charge in [0.1, 0.15) is 5.52 Å². The number of nitrogens with zero attached hydrogens (tertiary/aromatic N) is 3. The number of hydrogen-bond donors (Lipinski definition) is 1. The Kier molecular flexibility index (Phi) is 3.99. The molecule has 0 radical (unpaired) electrons. The molecule has 1 saturated heterocycles. The lowest BCUT2D eigenvalue weighted by atomic mass is 9.97. The van der Waals surface area contributed by atoms with Crippen LogP contribution in [-0.2, 0) is 4.79 Å². The van der Waals surface area contributed by atoms with E-state index in [9.17, 15) is 4.79 Å². The van der Waals surface area contributed by atoms with Crippen LogP contribution in [0.2, 0.25) is 0 Å². The van der Waals surface area contributed by atoms with Crippen molar-refractivity contribution in [2.45, 2.75) is 19.8 Å². The maximum absolute atomic E-state index is 11.3. The molecular weight excluding hydrogens is 264 g/mol. The van der Waals surface area contributed by atoms with Crippen molar-refractivity contribution < 1.29 is 4.79 Å². The Balaban J connectivity index is 1.61. The Labute approximate surface area is 124 Å². The van der Waals surface area contributed by atoms with Gasteiger partial charge in [0.05, 0.1) is 0 Å². The molecule has 0 unspecified atom stereocenters. The second-order valence-corrected chi connectivity index (χ2v) is 5.57. The van der Waals surface area contributed by atoms with Gasteiger partial charge < -0.3 is 10.2 Å². The van der Waals surface area contributed by atoms with Crippen molar-refractivity contribution >= 4 is 22.6 Å². The standard InChI is InChI=1S/C16H20N4O/c1-12(21)20-9-5-13(6-10-20)11-19-16-15-14(4-8-18-16)3-2-7-17-15/h2-4,7-8,13H,5-6,9-11H2,1H3,(H,18,19).